The van der Waals surface area contributed by atoms with Crippen LogP contribution in [0, 0.1) is 0 Å². The standard InChI is InChI=1S/C32H49N5O8/c1-2-3-10-27-36-30-31(25-8-4-5-9-26(25)35-32(30)33)37(27)14-7-6-13-34-28(38)11-15-41-17-19-43-21-23-45-24-22-44-20-18-42-16-12-29(39)40/h4-5,8-9H,2-3,6-7,10-24H2,1H3,(H2,33,35)(H,34,38)(H,39,40). The zero-order valence-corrected chi connectivity index (χ0v) is 26.5. The van der Waals surface area contributed by atoms with E-state index in [1.807, 2.05) is 18.2 Å². The molecule has 0 aliphatic carbocycles. The van der Waals surface area contributed by atoms with Gasteiger partial charge in [-0.25, -0.2) is 9.97 Å². The molecule has 13 nitrogen and oxygen atoms in total. The first kappa shape index (κ1) is 36.1. The topological polar surface area (TPSA) is 169 Å². The number of pyridine rings is 1. The molecule has 45 heavy (non-hydrogen) atoms. The number of nitrogens with zero attached hydrogens (tertiary/aromatic N) is 3. The summed E-state index contributed by atoms with van der Waals surface area (Å²) in [6.45, 7) is 7.45. The number of aryl methyl sites for hydroxylation is 2. The Bertz CT molecular complexity index is 1300. The number of nitrogen functional groups attached to an aromatic ring is 1. The van der Waals surface area contributed by atoms with Gasteiger partial charge in [-0.05, 0) is 25.3 Å². The third kappa shape index (κ3) is 13.3. The number of aliphatic carboxylic acids is 1. The maximum absolute atomic E-state index is 12.2. The number of aromatic nitrogens is 3. The Balaban J connectivity index is 1.20. The van der Waals surface area contributed by atoms with E-state index in [0.29, 0.717) is 78.2 Å². The van der Waals surface area contributed by atoms with Crippen molar-refractivity contribution in [1.82, 2.24) is 19.9 Å². The summed E-state index contributed by atoms with van der Waals surface area (Å²) in [5.41, 5.74) is 8.97. The molecule has 3 aromatic rings. The summed E-state index contributed by atoms with van der Waals surface area (Å²) in [6, 6.07) is 8.03. The minimum Gasteiger partial charge on any atom is -0.481 e. The zero-order valence-electron chi connectivity index (χ0n) is 26.5. The molecule has 0 aliphatic rings. The molecule has 0 saturated heterocycles. The summed E-state index contributed by atoms with van der Waals surface area (Å²) >= 11 is 0. The molecule has 4 N–H and O–H groups in total. The Morgan fingerprint density at radius 1 is 0.822 bits per heavy atom. The van der Waals surface area contributed by atoms with Gasteiger partial charge in [0.25, 0.3) is 0 Å². The lowest BCUT2D eigenvalue weighted by atomic mass is 10.2. The predicted octanol–water partition coefficient (Wildman–Crippen LogP) is 3.35. The fourth-order valence-electron chi connectivity index (χ4n) is 4.69. The molecular formula is C32H49N5O8. The van der Waals surface area contributed by atoms with E-state index < -0.39 is 5.97 Å². The maximum Gasteiger partial charge on any atom is 0.305 e. The Morgan fingerprint density at radius 2 is 1.42 bits per heavy atom. The van der Waals surface area contributed by atoms with Crippen molar-refractivity contribution in [2.24, 2.45) is 0 Å². The number of para-hydroxylation sites is 1. The van der Waals surface area contributed by atoms with Gasteiger partial charge >= 0.3 is 5.97 Å². The number of nitrogens with one attached hydrogen (secondary N) is 1. The number of hydrogen-bond acceptors (Lipinski definition) is 10. The van der Waals surface area contributed by atoms with Gasteiger partial charge in [0.15, 0.2) is 5.82 Å². The highest BCUT2D eigenvalue weighted by molar-refractivity contribution is 6.06. The van der Waals surface area contributed by atoms with Crippen LogP contribution in [0.5, 0.6) is 0 Å². The van der Waals surface area contributed by atoms with E-state index >= 15 is 0 Å². The second-order valence-corrected chi connectivity index (χ2v) is 10.5. The van der Waals surface area contributed by atoms with E-state index in [4.69, 9.17) is 39.5 Å². The van der Waals surface area contributed by atoms with E-state index in [0.717, 1.165) is 66.4 Å². The number of imidazole rings is 1. The number of carbonyl (C=O) groups is 2. The van der Waals surface area contributed by atoms with Crippen LogP contribution in [0.15, 0.2) is 24.3 Å². The van der Waals surface area contributed by atoms with Crippen molar-refractivity contribution in [1.29, 1.82) is 0 Å². The van der Waals surface area contributed by atoms with E-state index in [9.17, 15) is 9.59 Å². The number of amides is 1. The van der Waals surface area contributed by atoms with Crippen LogP contribution in [0.25, 0.3) is 21.9 Å². The van der Waals surface area contributed by atoms with Gasteiger partial charge in [-0.1, -0.05) is 31.5 Å². The Morgan fingerprint density at radius 3 is 2.04 bits per heavy atom. The van der Waals surface area contributed by atoms with Crippen molar-refractivity contribution >= 4 is 39.6 Å². The molecule has 2 heterocycles. The van der Waals surface area contributed by atoms with Gasteiger partial charge in [-0.3, -0.25) is 9.59 Å². The maximum atomic E-state index is 12.2. The average molecular weight is 632 g/mol. The van der Waals surface area contributed by atoms with E-state index in [1.165, 1.54) is 0 Å². The van der Waals surface area contributed by atoms with Crippen LogP contribution < -0.4 is 11.1 Å². The minimum atomic E-state index is -0.879. The normalized spacial score (nSPS) is 11.5. The molecule has 0 atom stereocenters. The fourth-order valence-corrected chi connectivity index (χ4v) is 4.69. The van der Waals surface area contributed by atoms with Crippen molar-refractivity contribution in [3.05, 3.63) is 30.1 Å². The molecule has 1 aromatic carbocycles. The number of anilines is 1. The zero-order chi connectivity index (χ0) is 32.1. The minimum absolute atomic E-state index is 0.00937. The molecule has 0 saturated carbocycles. The second kappa shape index (κ2) is 21.4. The monoisotopic (exact) mass is 631 g/mol. The lowest BCUT2D eigenvalue weighted by molar-refractivity contribution is -0.138. The first-order chi connectivity index (χ1) is 22.0. The average Bonchev–Trinajstić information content (AvgIpc) is 3.40. The molecule has 0 radical (unpaired) electrons. The Kier molecular flexibility index (Phi) is 17.2. The van der Waals surface area contributed by atoms with Gasteiger partial charge in [-0.2, -0.15) is 0 Å². The predicted molar refractivity (Wildman–Crippen MR) is 171 cm³/mol. The number of hydrogen-bond donors (Lipinski definition) is 3. The number of unbranched alkanes of at least 4 members (excludes halogenated alkanes) is 2. The molecule has 0 bridgehead atoms. The lowest BCUT2D eigenvalue weighted by Gasteiger charge is -2.11. The first-order valence-corrected chi connectivity index (χ1v) is 15.9. The van der Waals surface area contributed by atoms with Crippen LogP contribution in [0.4, 0.5) is 5.82 Å². The number of carboxylic acids is 1. The third-order valence-electron chi connectivity index (χ3n) is 7.00. The van der Waals surface area contributed by atoms with Crippen molar-refractivity contribution in [3.63, 3.8) is 0 Å². The van der Waals surface area contributed by atoms with Gasteiger partial charge < -0.3 is 44.4 Å². The molecule has 250 valence electrons. The molecule has 3 rings (SSSR count). The summed E-state index contributed by atoms with van der Waals surface area (Å²) < 4.78 is 29.1. The first-order valence-electron chi connectivity index (χ1n) is 15.9. The molecule has 13 heteroatoms. The number of rotatable bonds is 26. The number of ether oxygens (including phenoxy) is 5. The second-order valence-electron chi connectivity index (χ2n) is 10.5. The third-order valence-corrected chi connectivity index (χ3v) is 7.00. The van der Waals surface area contributed by atoms with Crippen LogP contribution in [-0.4, -0.2) is 104 Å². The number of carboxylic acid groups (broad SMARTS) is 1. The molecule has 0 aliphatic heterocycles. The molecule has 0 fully saturated rings. The number of carbonyl (C=O) groups excluding carboxylic acids is 1. The fraction of sp³-hybridized carbons (Fsp3) is 0.625. The van der Waals surface area contributed by atoms with Crippen LogP contribution in [0.1, 0.15) is 51.3 Å². The van der Waals surface area contributed by atoms with Crippen molar-refractivity contribution < 1.29 is 38.4 Å². The summed E-state index contributed by atoms with van der Waals surface area (Å²) in [5, 5.41) is 12.6. The summed E-state index contributed by atoms with van der Waals surface area (Å²) in [7, 11) is 0. The lowest BCUT2D eigenvalue weighted by Crippen LogP contribution is -2.26. The highest BCUT2D eigenvalue weighted by Crippen LogP contribution is 2.29. The number of benzene rings is 1. The molecule has 1 amide bonds. The van der Waals surface area contributed by atoms with Crippen molar-refractivity contribution in [3.8, 4) is 0 Å². The SMILES string of the molecule is CCCCc1nc2c(N)nc3ccccc3c2n1CCCCNC(=O)CCOCCOCCOCCOCCOCCC(=O)O. The Hall–Kier alpha value is -3.36. The van der Waals surface area contributed by atoms with Crippen LogP contribution in [-0.2, 0) is 46.2 Å². The Labute approximate surface area is 264 Å². The van der Waals surface area contributed by atoms with Gasteiger partial charge in [0, 0.05) is 31.3 Å². The van der Waals surface area contributed by atoms with E-state index in [-0.39, 0.29) is 18.9 Å². The van der Waals surface area contributed by atoms with E-state index in [1.54, 1.807) is 0 Å². The largest absolute Gasteiger partial charge is 0.481 e. The van der Waals surface area contributed by atoms with Gasteiger partial charge in [0.05, 0.1) is 83.5 Å². The smallest absolute Gasteiger partial charge is 0.305 e. The molecule has 2 aromatic heterocycles. The quantitative estimate of drug-likeness (QED) is 0.111. The summed E-state index contributed by atoms with van der Waals surface area (Å²) in [6.07, 6.45) is 5.08. The summed E-state index contributed by atoms with van der Waals surface area (Å²) in [4.78, 5) is 32.0. The highest BCUT2D eigenvalue weighted by atomic mass is 16.6. The van der Waals surface area contributed by atoms with Gasteiger partial charge in [0.1, 0.15) is 11.3 Å². The van der Waals surface area contributed by atoms with Gasteiger partial charge in [-0.15, -0.1) is 0 Å². The van der Waals surface area contributed by atoms with Crippen molar-refractivity contribution in [2.45, 2.75) is 58.4 Å². The molecule has 0 spiro atoms. The van der Waals surface area contributed by atoms with E-state index in [2.05, 4.69) is 27.9 Å². The summed E-state index contributed by atoms with van der Waals surface area (Å²) in [5.74, 6) is 0.592. The van der Waals surface area contributed by atoms with Crippen molar-refractivity contribution in [2.75, 3.05) is 78.3 Å². The molecular weight excluding hydrogens is 582 g/mol. The number of fused-ring (bicyclic) bond motifs is 3. The highest BCUT2D eigenvalue weighted by Gasteiger charge is 2.17. The van der Waals surface area contributed by atoms with Crippen LogP contribution in [0.2, 0.25) is 0 Å². The van der Waals surface area contributed by atoms with Gasteiger partial charge in [0.2, 0.25) is 5.91 Å². The van der Waals surface area contributed by atoms with Crippen LogP contribution in [0.3, 0.4) is 0 Å². The molecule has 0 unspecified atom stereocenters. The number of nitrogens with two attached hydrogens (primary N) is 1. The van der Waals surface area contributed by atoms with Crippen LogP contribution >= 0.6 is 0 Å².